The Morgan fingerprint density at radius 2 is 1.88 bits per heavy atom. The van der Waals surface area contributed by atoms with Gasteiger partial charge in [-0.05, 0) is 49.4 Å². The normalized spacial score (nSPS) is 10.1. The lowest BCUT2D eigenvalue weighted by molar-refractivity contribution is -0.120. The van der Waals surface area contributed by atoms with E-state index >= 15 is 0 Å². The van der Waals surface area contributed by atoms with Gasteiger partial charge < -0.3 is 15.0 Å². The first-order valence-electron chi connectivity index (χ1n) is 7.56. The van der Waals surface area contributed by atoms with E-state index in [4.69, 9.17) is 4.74 Å². The van der Waals surface area contributed by atoms with E-state index in [1.54, 1.807) is 30.3 Å². The van der Waals surface area contributed by atoms with Gasteiger partial charge in [0.25, 0.3) is 0 Å². The van der Waals surface area contributed by atoms with E-state index in [1.165, 1.54) is 30.0 Å². The minimum atomic E-state index is -0.467. The van der Waals surface area contributed by atoms with Crippen LogP contribution in [-0.2, 0) is 9.59 Å². The Kier molecular flexibility index (Phi) is 5.89. The second kappa shape index (κ2) is 8.10. The van der Waals surface area contributed by atoms with Gasteiger partial charge in [-0.3, -0.25) is 9.59 Å². The second-order valence-corrected chi connectivity index (χ2v) is 5.09. The van der Waals surface area contributed by atoms with E-state index in [9.17, 15) is 14.0 Å². The summed E-state index contributed by atoms with van der Waals surface area (Å²) in [4.78, 5) is 25.1. The molecule has 6 heteroatoms. The van der Waals surface area contributed by atoms with Crippen LogP contribution in [-0.4, -0.2) is 25.0 Å². The zero-order chi connectivity index (χ0) is 17.5. The number of ether oxygens (including phenoxy) is 1. The number of hydrogen-bond acceptors (Lipinski definition) is 3. The summed E-state index contributed by atoms with van der Waals surface area (Å²) in [7, 11) is 0. The summed E-state index contributed by atoms with van der Waals surface area (Å²) < 4.78 is 18.7. The number of nitrogens with one attached hydrogen (secondary N) is 1. The summed E-state index contributed by atoms with van der Waals surface area (Å²) in [5.41, 5.74) is 0.926. The smallest absolute Gasteiger partial charge is 0.244 e. The molecular formula is C18H19FN2O3. The summed E-state index contributed by atoms with van der Waals surface area (Å²) in [6.07, 6.45) is 0. The highest BCUT2D eigenvalue weighted by Crippen LogP contribution is 2.18. The first-order valence-corrected chi connectivity index (χ1v) is 7.56. The Balaban J connectivity index is 2.04. The van der Waals surface area contributed by atoms with Crippen molar-refractivity contribution >= 4 is 23.2 Å². The minimum absolute atomic E-state index is 0.202. The fourth-order valence-corrected chi connectivity index (χ4v) is 2.17. The molecule has 0 radical (unpaired) electrons. The van der Waals surface area contributed by atoms with Crippen LogP contribution in [0.3, 0.4) is 0 Å². The van der Waals surface area contributed by atoms with Gasteiger partial charge in [-0.1, -0.05) is 6.07 Å². The number of rotatable bonds is 6. The molecule has 0 fully saturated rings. The number of anilines is 2. The molecule has 2 aromatic carbocycles. The van der Waals surface area contributed by atoms with Gasteiger partial charge in [0, 0.05) is 18.3 Å². The van der Waals surface area contributed by atoms with Gasteiger partial charge in [-0.2, -0.15) is 0 Å². The zero-order valence-corrected chi connectivity index (χ0v) is 13.6. The minimum Gasteiger partial charge on any atom is -0.494 e. The summed E-state index contributed by atoms with van der Waals surface area (Å²) in [6, 6.07) is 12.5. The quantitative estimate of drug-likeness (QED) is 0.885. The predicted molar refractivity (Wildman–Crippen MR) is 90.7 cm³/mol. The van der Waals surface area contributed by atoms with Gasteiger partial charge >= 0.3 is 0 Å². The van der Waals surface area contributed by atoms with E-state index in [1.807, 2.05) is 6.92 Å². The molecule has 2 rings (SSSR count). The van der Waals surface area contributed by atoms with Crippen molar-refractivity contribution in [1.82, 2.24) is 0 Å². The number of carbonyl (C=O) groups is 2. The van der Waals surface area contributed by atoms with Gasteiger partial charge in [-0.15, -0.1) is 0 Å². The van der Waals surface area contributed by atoms with Gasteiger partial charge in [0.05, 0.1) is 6.61 Å². The number of hydrogen-bond donors (Lipinski definition) is 1. The largest absolute Gasteiger partial charge is 0.494 e. The lowest BCUT2D eigenvalue weighted by Gasteiger charge is -2.20. The van der Waals surface area contributed by atoms with E-state index in [0.29, 0.717) is 23.7 Å². The lowest BCUT2D eigenvalue weighted by Crippen LogP contribution is -2.36. The van der Waals surface area contributed by atoms with Crippen LogP contribution in [0.5, 0.6) is 5.75 Å². The van der Waals surface area contributed by atoms with E-state index in [0.717, 1.165) is 0 Å². The zero-order valence-electron chi connectivity index (χ0n) is 13.6. The molecule has 0 aromatic heterocycles. The number of nitrogens with zero attached hydrogens (tertiary/aromatic N) is 1. The van der Waals surface area contributed by atoms with Crippen molar-refractivity contribution in [2.45, 2.75) is 13.8 Å². The Bertz CT molecular complexity index is 716. The topological polar surface area (TPSA) is 58.6 Å². The molecule has 0 atom stereocenters. The third-order valence-corrected chi connectivity index (χ3v) is 3.25. The van der Waals surface area contributed by atoms with Crippen LogP contribution >= 0.6 is 0 Å². The lowest BCUT2D eigenvalue weighted by atomic mass is 10.2. The maximum atomic E-state index is 13.3. The van der Waals surface area contributed by atoms with Gasteiger partial charge in [-0.25, -0.2) is 4.39 Å². The van der Waals surface area contributed by atoms with Gasteiger partial charge in [0.1, 0.15) is 18.1 Å². The van der Waals surface area contributed by atoms with Gasteiger partial charge in [0.15, 0.2) is 0 Å². The number of benzene rings is 2. The molecule has 0 spiro atoms. The van der Waals surface area contributed by atoms with Crippen LogP contribution in [0, 0.1) is 5.82 Å². The molecule has 0 bridgehead atoms. The Morgan fingerprint density at radius 1 is 1.17 bits per heavy atom. The van der Waals surface area contributed by atoms with Crippen molar-refractivity contribution < 1.29 is 18.7 Å². The Hall–Kier alpha value is -2.89. The molecule has 2 aromatic rings. The van der Waals surface area contributed by atoms with Crippen molar-refractivity contribution in [1.29, 1.82) is 0 Å². The van der Waals surface area contributed by atoms with Crippen LogP contribution in [0.15, 0.2) is 48.5 Å². The summed E-state index contributed by atoms with van der Waals surface area (Å²) >= 11 is 0. The summed E-state index contributed by atoms with van der Waals surface area (Å²) in [6.45, 7) is 3.58. The maximum absolute atomic E-state index is 13.3. The molecule has 0 heterocycles. The van der Waals surface area contributed by atoms with E-state index in [2.05, 4.69) is 5.32 Å². The molecule has 5 nitrogen and oxygen atoms in total. The standard InChI is InChI=1S/C18H19FN2O3/c1-3-24-17-9-7-15(8-10-17)20-18(23)12-21(13(2)22)16-6-4-5-14(19)11-16/h4-11H,3,12H2,1-2H3,(H,20,23). The van der Waals surface area contributed by atoms with Crippen LogP contribution < -0.4 is 15.0 Å². The molecule has 126 valence electrons. The van der Waals surface area contributed by atoms with Crippen LogP contribution in [0.1, 0.15) is 13.8 Å². The summed E-state index contributed by atoms with van der Waals surface area (Å²) in [5.74, 6) is -0.479. The number of carbonyl (C=O) groups excluding carboxylic acids is 2. The second-order valence-electron chi connectivity index (χ2n) is 5.09. The number of halogens is 1. The van der Waals surface area contributed by atoms with Crippen molar-refractivity contribution in [2.75, 3.05) is 23.4 Å². The molecule has 24 heavy (non-hydrogen) atoms. The molecule has 0 aliphatic carbocycles. The Morgan fingerprint density at radius 3 is 2.46 bits per heavy atom. The van der Waals surface area contributed by atoms with Crippen molar-refractivity contribution in [3.05, 3.63) is 54.3 Å². The highest BCUT2D eigenvalue weighted by molar-refractivity contribution is 6.01. The van der Waals surface area contributed by atoms with Crippen molar-refractivity contribution in [3.8, 4) is 5.75 Å². The van der Waals surface area contributed by atoms with Crippen molar-refractivity contribution in [3.63, 3.8) is 0 Å². The average Bonchev–Trinajstić information content (AvgIpc) is 2.54. The highest BCUT2D eigenvalue weighted by Gasteiger charge is 2.16. The number of amides is 2. The molecular weight excluding hydrogens is 311 g/mol. The van der Waals surface area contributed by atoms with Crippen molar-refractivity contribution in [2.24, 2.45) is 0 Å². The predicted octanol–water partition coefficient (Wildman–Crippen LogP) is 3.22. The first kappa shape index (κ1) is 17.5. The third kappa shape index (κ3) is 4.81. The monoisotopic (exact) mass is 330 g/mol. The summed E-state index contributed by atoms with van der Waals surface area (Å²) in [5, 5.41) is 2.70. The average molecular weight is 330 g/mol. The first-order chi connectivity index (χ1) is 11.5. The van der Waals surface area contributed by atoms with E-state index < -0.39 is 5.82 Å². The van der Waals surface area contributed by atoms with E-state index in [-0.39, 0.29) is 18.4 Å². The molecule has 0 aliphatic rings. The molecule has 1 N–H and O–H groups in total. The highest BCUT2D eigenvalue weighted by atomic mass is 19.1. The maximum Gasteiger partial charge on any atom is 0.244 e. The fraction of sp³-hybridized carbons (Fsp3) is 0.222. The Labute approximate surface area is 140 Å². The van der Waals surface area contributed by atoms with Gasteiger partial charge in [0.2, 0.25) is 11.8 Å². The molecule has 0 saturated carbocycles. The SMILES string of the molecule is CCOc1ccc(NC(=O)CN(C(C)=O)c2cccc(F)c2)cc1. The van der Waals surface area contributed by atoms with Crippen LogP contribution in [0.4, 0.5) is 15.8 Å². The molecule has 0 saturated heterocycles. The fourth-order valence-electron chi connectivity index (χ4n) is 2.17. The molecule has 0 aliphatic heterocycles. The van der Waals surface area contributed by atoms with Crippen LogP contribution in [0.25, 0.3) is 0 Å². The third-order valence-electron chi connectivity index (χ3n) is 3.25. The van der Waals surface area contributed by atoms with Crippen LogP contribution in [0.2, 0.25) is 0 Å². The molecule has 0 unspecified atom stereocenters. The molecule has 2 amide bonds.